The molecule has 0 saturated heterocycles. The number of benzene rings is 2. The average molecular weight is 596 g/mol. The first-order valence-corrected chi connectivity index (χ1v) is 12.3. The third-order valence-corrected chi connectivity index (χ3v) is 6.52. The van der Waals surface area contributed by atoms with Crippen LogP contribution in [0.2, 0.25) is 0 Å². The van der Waals surface area contributed by atoms with Crippen molar-refractivity contribution in [2.75, 3.05) is 0 Å². The van der Waals surface area contributed by atoms with Crippen LogP contribution in [0.4, 0.5) is 30.7 Å². The van der Waals surface area contributed by atoms with Crippen LogP contribution in [0.25, 0.3) is 0 Å². The van der Waals surface area contributed by atoms with Crippen molar-refractivity contribution in [3.05, 3.63) is 124 Å². The third-order valence-electron chi connectivity index (χ3n) is 6.52. The molecule has 222 valence electrons. The Bertz CT molecular complexity index is 1500. The minimum Gasteiger partial charge on any atom is -0.619 e. The van der Waals surface area contributed by atoms with E-state index in [4.69, 9.17) is 0 Å². The lowest BCUT2D eigenvalue weighted by Gasteiger charge is -2.31. The van der Waals surface area contributed by atoms with Gasteiger partial charge in [0.1, 0.15) is 0 Å². The summed E-state index contributed by atoms with van der Waals surface area (Å²) in [6.07, 6.45) is -1.53. The maximum Gasteiger partial charge on any atom is 0.427 e. The summed E-state index contributed by atoms with van der Waals surface area (Å²) in [4.78, 5) is 3.95. The Morgan fingerprint density at radius 1 is 0.857 bits per heavy atom. The molecule has 1 N–H and O–H groups in total. The van der Waals surface area contributed by atoms with Crippen LogP contribution >= 0.6 is 0 Å². The van der Waals surface area contributed by atoms with Crippen LogP contribution in [-0.2, 0) is 12.0 Å². The molecule has 2 aromatic carbocycles. The minimum atomic E-state index is -5.14. The molecule has 13 heteroatoms. The van der Waals surface area contributed by atoms with Gasteiger partial charge >= 0.3 is 19.4 Å². The summed E-state index contributed by atoms with van der Waals surface area (Å²) in [6, 6.07) is 13.9. The summed E-state index contributed by atoms with van der Waals surface area (Å²) in [5, 5.41) is 22.5. The van der Waals surface area contributed by atoms with Crippen LogP contribution < -0.4 is 14.2 Å². The van der Waals surface area contributed by atoms with Gasteiger partial charge in [0.25, 0.3) is 0 Å². The number of nitrogens with zero attached hydrogens (tertiary/aromatic N) is 2. The van der Waals surface area contributed by atoms with Crippen LogP contribution in [0.3, 0.4) is 0 Å². The van der Waals surface area contributed by atoms with E-state index >= 15 is 0 Å². The van der Waals surface area contributed by atoms with Gasteiger partial charge in [-0.1, -0.05) is 42.0 Å². The molecule has 0 amide bonds. The van der Waals surface area contributed by atoms with E-state index in [0.717, 1.165) is 30.5 Å². The van der Waals surface area contributed by atoms with Gasteiger partial charge in [-0.2, -0.15) is 35.5 Å². The molecule has 0 bridgehead atoms. The fraction of sp³-hybridized carbons (Fsp3) is 0.241. The molecule has 4 rings (SSSR count). The number of rotatable bonds is 10. The Kier molecular flexibility index (Phi) is 8.90. The van der Waals surface area contributed by atoms with Crippen molar-refractivity contribution in [3.8, 4) is 11.5 Å². The van der Waals surface area contributed by atoms with Gasteiger partial charge in [-0.3, -0.25) is 4.98 Å². The Labute approximate surface area is 235 Å². The number of aliphatic hydroxyl groups is 1. The van der Waals surface area contributed by atoms with Crippen molar-refractivity contribution in [2.45, 2.75) is 44.3 Å². The number of hydrogen-bond donors (Lipinski definition) is 1. The van der Waals surface area contributed by atoms with Gasteiger partial charge in [0, 0.05) is 24.2 Å². The molecule has 0 aliphatic carbocycles. The standard InChI is InChI=1S/C29H23F7N2O4/c1-17-3-2-4-21(13-17)28(39,29(34,35)36)25-8-6-20(16-37-25)22(14-18-9-11-38(40)12-10-18)19-5-7-23(41-26(30)31)24(15-19)42-27(32)33/h2-13,15-16,22,26-27,39H,14H2,1H3. The molecule has 0 radical (unpaired) electrons. The molecule has 2 aromatic heterocycles. The highest BCUT2D eigenvalue weighted by Crippen LogP contribution is 2.44. The number of alkyl halides is 7. The lowest BCUT2D eigenvalue weighted by Crippen LogP contribution is -2.44. The van der Waals surface area contributed by atoms with E-state index in [1.54, 1.807) is 13.0 Å². The van der Waals surface area contributed by atoms with Gasteiger partial charge in [-0.25, -0.2) is 0 Å². The first-order valence-electron chi connectivity index (χ1n) is 12.3. The molecule has 6 nitrogen and oxygen atoms in total. The van der Waals surface area contributed by atoms with E-state index in [0.29, 0.717) is 15.9 Å². The minimum absolute atomic E-state index is 0.0897. The van der Waals surface area contributed by atoms with E-state index in [-0.39, 0.29) is 17.5 Å². The molecular formula is C29H23F7N2O4. The van der Waals surface area contributed by atoms with E-state index < -0.39 is 53.7 Å². The highest BCUT2D eigenvalue weighted by molar-refractivity contribution is 5.47. The largest absolute Gasteiger partial charge is 0.619 e. The van der Waals surface area contributed by atoms with E-state index in [9.17, 15) is 41.0 Å². The number of ether oxygens (including phenoxy) is 2. The molecular weight excluding hydrogens is 573 g/mol. The van der Waals surface area contributed by atoms with Crippen LogP contribution in [-0.4, -0.2) is 29.5 Å². The second kappa shape index (κ2) is 12.2. The molecule has 0 aliphatic heterocycles. The van der Waals surface area contributed by atoms with Crippen LogP contribution in [0, 0.1) is 12.1 Å². The predicted octanol–water partition coefficient (Wildman–Crippen LogP) is 6.40. The summed E-state index contributed by atoms with van der Waals surface area (Å²) < 4.78 is 104. The summed E-state index contributed by atoms with van der Waals surface area (Å²) in [7, 11) is 0. The number of aryl methyl sites for hydroxylation is 1. The molecule has 2 unspecified atom stereocenters. The van der Waals surface area contributed by atoms with Gasteiger partial charge < -0.3 is 19.8 Å². The zero-order valence-electron chi connectivity index (χ0n) is 21.7. The zero-order chi connectivity index (χ0) is 30.7. The Morgan fingerprint density at radius 2 is 1.50 bits per heavy atom. The van der Waals surface area contributed by atoms with E-state index in [2.05, 4.69) is 14.5 Å². The summed E-state index contributed by atoms with van der Waals surface area (Å²) in [5.74, 6) is -2.14. The van der Waals surface area contributed by atoms with Crippen molar-refractivity contribution in [1.82, 2.24) is 4.98 Å². The van der Waals surface area contributed by atoms with Crippen molar-refractivity contribution < 1.29 is 50.0 Å². The first-order chi connectivity index (χ1) is 19.8. The Morgan fingerprint density at radius 3 is 2.07 bits per heavy atom. The molecule has 0 fully saturated rings. The molecule has 2 atom stereocenters. The van der Waals surface area contributed by atoms with Gasteiger partial charge in [-0.15, -0.1) is 0 Å². The lowest BCUT2D eigenvalue weighted by atomic mass is 9.85. The maximum absolute atomic E-state index is 14.3. The summed E-state index contributed by atoms with van der Waals surface area (Å²) in [5.41, 5.74) is -3.01. The quantitative estimate of drug-likeness (QED) is 0.130. The SMILES string of the molecule is Cc1cccc(C(O)(c2ccc(C(Cc3cc[n+]([O-])cc3)c3ccc(OC(F)F)c(OC(F)F)c3)cn2)C(F)(F)F)c1. The van der Waals surface area contributed by atoms with Crippen molar-refractivity contribution >= 4 is 0 Å². The van der Waals surface area contributed by atoms with Crippen LogP contribution in [0.5, 0.6) is 11.5 Å². The smallest absolute Gasteiger partial charge is 0.427 e. The third kappa shape index (κ3) is 6.73. The highest BCUT2D eigenvalue weighted by Gasteiger charge is 2.57. The molecule has 4 aromatic rings. The molecule has 42 heavy (non-hydrogen) atoms. The molecule has 0 spiro atoms. The van der Waals surface area contributed by atoms with Crippen molar-refractivity contribution in [3.63, 3.8) is 0 Å². The van der Waals surface area contributed by atoms with E-state index in [1.165, 1.54) is 48.8 Å². The second-order valence-corrected chi connectivity index (χ2v) is 9.34. The van der Waals surface area contributed by atoms with E-state index in [1.807, 2.05) is 0 Å². The number of aromatic nitrogens is 2. The molecule has 2 heterocycles. The van der Waals surface area contributed by atoms with Gasteiger partial charge in [-0.05, 0) is 53.8 Å². The van der Waals surface area contributed by atoms with Gasteiger partial charge in [0.05, 0.1) is 5.69 Å². The normalized spacial score (nSPS) is 14.1. The van der Waals surface area contributed by atoms with Crippen molar-refractivity contribution in [1.29, 1.82) is 0 Å². The predicted molar refractivity (Wildman–Crippen MR) is 135 cm³/mol. The number of hydrogen-bond acceptors (Lipinski definition) is 5. The number of pyridine rings is 2. The average Bonchev–Trinajstić information content (AvgIpc) is 2.92. The second-order valence-electron chi connectivity index (χ2n) is 9.34. The zero-order valence-corrected chi connectivity index (χ0v) is 21.7. The van der Waals surface area contributed by atoms with Crippen LogP contribution in [0.15, 0.2) is 85.3 Å². The first kappa shape index (κ1) is 30.6. The fourth-order valence-corrected chi connectivity index (χ4v) is 4.52. The monoisotopic (exact) mass is 596 g/mol. The van der Waals surface area contributed by atoms with Crippen LogP contribution in [0.1, 0.15) is 39.4 Å². The lowest BCUT2D eigenvalue weighted by molar-refractivity contribution is -0.605. The highest BCUT2D eigenvalue weighted by atomic mass is 19.4. The Balaban J connectivity index is 1.80. The maximum atomic E-state index is 14.3. The topological polar surface area (TPSA) is 78.5 Å². The summed E-state index contributed by atoms with van der Waals surface area (Å²) in [6.45, 7) is -5.13. The molecule has 0 aliphatic rings. The molecule has 0 saturated carbocycles. The Hall–Kier alpha value is -4.39. The van der Waals surface area contributed by atoms with Crippen molar-refractivity contribution in [2.24, 2.45) is 0 Å². The number of halogens is 7. The fourth-order valence-electron chi connectivity index (χ4n) is 4.52. The van der Waals surface area contributed by atoms with Gasteiger partial charge in [0.2, 0.25) is 5.60 Å². The van der Waals surface area contributed by atoms with Gasteiger partial charge in [0.15, 0.2) is 23.9 Å². The summed E-state index contributed by atoms with van der Waals surface area (Å²) >= 11 is 0.